The second-order valence-electron chi connectivity index (χ2n) is 9.45. The molecule has 1 fully saturated rings. The van der Waals surface area contributed by atoms with Gasteiger partial charge in [-0.25, -0.2) is 5.01 Å². The van der Waals surface area contributed by atoms with Gasteiger partial charge in [0.1, 0.15) is 0 Å². The van der Waals surface area contributed by atoms with Crippen LogP contribution in [0, 0.1) is 5.92 Å². The molecule has 1 atom stereocenters. The lowest BCUT2D eigenvalue weighted by Gasteiger charge is -2.33. The first-order chi connectivity index (χ1) is 17.1. The van der Waals surface area contributed by atoms with Gasteiger partial charge in [0.15, 0.2) is 0 Å². The Morgan fingerprint density at radius 1 is 0.886 bits per heavy atom. The molecule has 0 radical (unpaired) electrons. The van der Waals surface area contributed by atoms with Crippen molar-refractivity contribution < 1.29 is 4.79 Å². The average Bonchev–Trinajstić information content (AvgIpc) is 3.32. The molecule has 0 bridgehead atoms. The summed E-state index contributed by atoms with van der Waals surface area (Å²) in [5.74, 6) is 0.690. The number of benzene rings is 3. The van der Waals surface area contributed by atoms with Gasteiger partial charge in [-0.15, -0.1) is 0 Å². The van der Waals surface area contributed by atoms with E-state index in [0.29, 0.717) is 28.9 Å². The van der Waals surface area contributed by atoms with Gasteiger partial charge >= 0.3 is 0 Å². The van der Waals surface area contributed by atoms with E-state index in [-0.39, 0.29) is 11.9 Å². The van der Waals surface area contributed by atoms with Crippen LogP contribution in [0.5, 0.6) is 0 Å². The SMILES string of the molecule is O=C(CN1CCC(Cc2ccccc2)CC1)N1N=C(c2ccccc2Cl)C[C@@H]1c1ccc(Cl)cc1. The number of carbonyl (C=O) groups excluding carboxylic acids is 1. The van der Waals surface area contributed by atoms with Gasteiger partial charge in [0.05, 0.1) is 18.3 Å². The predicted octanol–water partition coefficient (Wildman–Crippen LogP) is 6.63. The van der Waals surface area contributed by atoms with Gasteiger partial charge in [-0.05, 0) is 67.6 Å². The van der Waals surface area contributed by atoms with E-state index in [4.69, 9.17) is 28.3 Å². The molecule has 3 aromatic rings. The first-order valence-electron chi connectivity index (χ1n) is 12.2. The maximum absolute atomic E-state index is 13.5. The predicted molar refractivity (Wildman–Crippen MR) is 143 cm³/mol. The molecule has 35 heavy (non-hydrogen) atoms. The Balaban J connectivity index is 1.28. The van der Waals surface area contributed by atoms with E-state index in [1.54, 1.807) is 5.01 Å². The smallest absolute Gasteiger partial charge is 0.257 e. The van der Waals surface area contributed by atoms with Crippen LogP contribution in [0.4, 0.5) is 0 Å². The van der Waals surface area contributed by atoms with Gasteiger partial charge in [-0.2, -0.15) is 5.10 Å². The summed E-state index contributed by atoms with van der Waals surface area (Å²) in [5.41, 5.74) is 4.14. The summed E-state index contributed by atoms with van der Waals surface area (Å²) in [6.45, 7) is 2.25. The highest BCUT2D eigenvalue weighted by atomic mass is 35.5. The fourth-order valence-electron chi connectivity index (χ4n) is 5.10. The number of amides is 1. The van der Waals surface area contributed by atoms with Crippen LogP contribution in [0.15, 0.2) is 84.0 Å². The highest BCUT2D eigenvalue weighted by Crippen LogP contribution is 2.35. The Morgan fingerprint density at radius 3 is 2.29 bits per heavy atom. The van der Waals surface area contributed by atoms with Crippen molar-refractivity contribution in [1.82, 2.24) is 9.91 Å². The Kier molecular flexibility index (Phi) is 7.52. The van der Waals surface area contributed by atoms with Crippen LogP contribution in [0.1, 0.15) is 42.0 Å². The molecule has 0 N–H and O–H groups in total. The van der Waals surface area contributed by atoms with E-state index >= 15 is 0 Å². The largest absolute Gasteiger partial charge is 0.294 e. The molecule has 2 aliphatic heterocycles. The lowest BCUT2D eigenvalue weighted by molar-refractivity contribution is -0.134. The van der Waals surface area contributed by atoms with Gasteiger partial charge in [0.2, 0.25) is 0 Å². The third-order valence-electron chi connectivity index (χ3n) is 7.04. The average molecular weight is 506 g/mol. The molecule has 1 amide bonds. The highest BCUT2D eigenvalue weighted by molar-refractivity contribution is 6.34. The molecule has 5 rings (SSSR count). The summed E-state index contributed by atoms with van der Waals surface area (Å²) in [5, 5.41) is 7.78. The normalized spacial score (nSPS) is 19.1. The number of carbonyl (C=O) groups is 1. The second-order valence-corrected chi connectivity index (χ2v) is 10.3. The van der Waals surface area contributed by atoms with Gasteiger partial charge in [0.25, 0.3) is 5.91 Å². The quantitative estimate of drug-likeness (QED) is 0.377. The number of likely N-dealkylation sites (tertiary alicyclic amines) is 1. The summed E-state index contributed by atoms with van der Waals surface area (Å²) in [4.78, 5) is 15.8. The van der Waals surface area contributed by atoms with E-state index in [1.165, 1.54) is 5.56 Å². The standard InChI is InChI=1S/C29H29Cl2N3O/c30-24-12-10-23(11-13-24)28-19-27(25-8-4-5-9-26(25)31)32-34(28)29(35)20-33-16-14-22(15-17-33)18-21-6-2-1-3-7-21/h1-13,22,28H,14-20H2/t28-/m1/s1. The Hall–Kier alpha value is -2.66. The van der Waals surface area contributed by atoms with Gasteiger partial charge in [0, 0.05) is 22.0 Å². The number of halogens is 2. The van der Waals surface area contributed by atoms with E-state index in [2.05, 4.69) is 35.2 Å². The monoisotopic (exact) mass is 505 g/mol. The minimum absolute atomic E-state index is 0.0218. The fourth-order valence-corrected chi connectivity index (χ4v) is 5.47. The summed E-state index contributed by atoms with van der Waals surface area (Å²) < 4.78 is 0. The van der Waals surface area contributed by atoms with E-state index in [9.17, 15) is 4.79 Å². The number of rotatable bonds is 6. The molecule has 180 valence electrons. The Labute approximate surface area is 217 Å². The Bertz CT molecular complexity index is 1190. The molecule has 6 heteroatoms. The molecule has 3 aromatic carbocycles. The van der Waals surface area contributed by atoms with Crippen LogP contribution in [0.25, 0.3) is 0 Å². The van der Waals surface area contributed by atoms with Crippen molar-refractivity contribution in [3.63, 3.8) is 0 Å². The topological polar surface area (TPSA) is 35.9 Å². The van der Waals surface area contributed by atoms with Crippen molar-refractivity contribution in [2.75, 3.05) is 19.6 Å². The molecule has 1 saturated heterocycles. The summed E-state index contributed by atoms with van der Waals surface area (Å²) in [7, 11) is 0. The van der Waals surface area contributed by atoms with Crippen LogP contribution < -0.4 is 0 Å². The van der Waals surface area contributed by atoms with E-state index < -0.39 is 0 Å². The minimum Gasteiger partial charge on any atom is -0.294 e. The third-order valence-corrected chi connectivity index (χ3v) is 7.62. The third kappa shape index (κ3) is 5.78. The van der Waals surface area contributed by atoms with Crippen LogP contribution in [-0.2, 0) is 11.2 Å². The zero-order valence-corrected chi connectivity index (χ0v) is 21.1. The minimum atomic E-state index is -0.165. The van der Waals surface area contributed by atoms with Crippen LogP contribution in [-0.4, -0.2) is 41.2 Å². The lowest BCUT2D eigenvalue weighted by Crippen LogP contribution is -2.42. The van der Waals surface area contributed by atoms with Crippen LogP contribution >= 0.6 is 23.2 Å². The van der Waals surface area contributed by atoms with Crippen molar-refractivity contribution in [2.24, 2.45) is 11.0 Å². The first kappa shape index (κ1) is 24.1. The molecular formula is C29H29Cl2N3O. The maximum Gasteiger partial charge on any atom is 0.257 e. The van der Waals surface area contributed by atoms with Gasteiger partial charge in [-0.3, -0.25) is 9.69 Å². The molecule has 0 aromatic heterocycles. The summed E-state index contributed by atoms with van der Waals surface area (Å²) in [6.07, 6.45) is 3.95. The molecule has 0 aliphatic carbocycles. The van der Waals surface area contributed by atoms with Gasteiger partial charge < -0.3 is 0 Å². The number of hydrogen-bond donors (Lipinski definition) is 0. The molecule has 0 unspecified atom stereocenters. The second kappa shape index (κ2) is 10.9. The molecule has 0 spiro atoms. The summed E-state index contributed by atoms with van der Waals surface area (Å²) in [6, 6.07) is 25.9. The highest BCUT2D eigenvalue weighted by Gasteiger charge is 2.34. The van der Waals surface area contributed by atoms with Crippen molar-refractivity contribution in [3.8, 4) is 0 Å². The van der Waals surface area contributed by atoms with Crippen molar-refractivity contribution >= 4 is 34.8 Å². The number of hydrogen-bond acceptors (Lipinski definition) is 3. The number of piperidine rings is 1. The van der Waals surface area contributed by atoms with E-state index in [0.717, 1.165) is 49.2 Å². The molecule has 2 aliphatic rings. The Morgan fingerprint density at radius 2 is 1.57 bits per heavy atom. The fraction of sp³-hybridized carbons (Fsp3) is 0.310. The summed E-state index contributed by atoms with van der Waals surface area (Å²) >= 11 is 12.6. The van der Waals surface area contributed by atoms with Crippen LogP contribution in [0.3, 0.4) is 0 Å². The van der Waals surface area contributed by atoms with Crippen molar-refractivity contribution in [1.29, 1.82) is 0 Å². The molecular weight excluding hydrogens is 477 g/mol. The van der Waals surface area contributed by atoms with Crippen LogP contribution in [0.2, 0.25) is 10.0 Å². The maximum atomic E-state index is 13.5. The number of hydrazone groups is 1. The van der Waals surface area contributed by atoms with Crippen molar-refractivity contribution in [3.05, 3.63) is 106 Å². The number of nitrogens with zero attached hydrogens (tertiary/aromatic N) is 3. The zero-order valence-electron chi connectivity index (χ0n) is 19.6. The van der Waals surface area contributed by atoms with Gasteiger partial charge in [-0.1, -0.05) is 83.9 Å². The van der Waals surface area contributed by atoms with Crippen molar-refractivity contribution in [2.45, 2.75) is 31.7 Å². The first-order valence-corrected chi connectivity index (χ1v) is 13.0. The zero-order chi connectivity index (χ0) is 24.2. The van der Waals surface area contributed by atoms with E-state index in [1.807, 2.05) is 48.5 Å². The molecule has 4 nitrogen and oxygen atoms in total. The lowest BCUT2D eigenvalue weighted by atomic mass is 9.90. The molecule has 0 saturated carbocycles. The molecule has 2 heterocycles.